The molecule has 1 heterocycles. The molecule has 4 rings (SSSR count). The van der Waals surface area contributed by atoms with E-state index in [1.54, 1.807) is 0 Å². The molecule has 2 aromatic carbocycles. The molecule has 0 fully saturated rings. The molecule has 0 atom stereocenters. The molecule has 152 valence electrons. The van der Waals surface area contributed by atoms with Crippen LogP contribution in [0.4, 0.5) is 0 Å². The number of halogens is 1. The zero-order valence-corrected chi connectivity index (χ0v) is 17.7. The molecule has 0 N–H and O–H groups in total. The molecule has 1 aliphatic carbocycles. The number of ether oxygens (including phenoxy) is 1. The first-order valence-electron chi connectivity index (χ1n) is 10.6. The van der Waals surface area contributed by atoms with Gasteiger partial charge in [-0.05, 0) is 67.0 Å². The van der Waals surface area contributed by atoms with E-state index in [0.29, 0.717) is 17.2 Å². The third kappa shape index (κ3) is 4.51. The molecule has 1 aliphatic rings. The minimum atomic E-state index is -0.193. The predicted octanol–water partition coefficient (Wildman–Crippen LogP) is 6.64. The van der Waals surface area contributed by atoms with Gasteiger partial charge in [-0.2, -0.15) is 0 Å². The molecular weight excluding hydrogens is 384 g/mol. The van der Waals surface area contributed by atoms with Gasteiger partial charge in [0.2, 0.25) is 0 Å². The van der Waals surface area contributed by atoms with E-state index in [-0.39, 0.29) is 5.63 Å². The van der Waals surface area contributed by atoms with Crippen LogP contribution in [0.3, 0.4) is 0 Å². The molecule has 1 aromatic heterocycles. The van der Waals surface area contributed by atoms with Crippen molar-refractivity contribution in [3.8, 4) is 5.75 Å². The van der Waals surface area contributed by atoms with Gasteiger partial charge >= 0.3 is 5.63 Å². The van der Waals surface area contributed by atoms with Crippen LogP contribution in [-0.2, 0) is 25.9 Å². The van der Waals surface area contributed by atoms with E-state index in [4.69, 9.17) is 20.8 Å². The fraction of sp³-hybridized carbons (Fsp3) is 0.400. The molecule has 0 unspecified atom stereocenters. The zero-order valence-electron chi connectivity index (χ0n) is 16.9. The minimum absolute atomic E-state index is 0.193. The van der Waals surface area contributed by atoms with E-state index in [0.717, 1.165) is 54.4 Å². The maximum absolute atomic E-state index is 12.4. The monoisotopic (exact) mass is 410 g/mol. The number of benzene rings is 2. The number of hydrogen-bond acceptors (Lipinski definition) is 3. The van der Waals surface area contributed by atoms with Crippen molar-refractivity contribution in [2.45, 2.75) is 64.9 Å². The Bertz CT molecular complexity index is 1070. The Morgan fingerprint density at radius 3 is 2.76 bits per heavy atom. The van der Waals surface area contributed by atoms with E-state index in [2.05, 4.69) is 13.0 Å². The number of fused-ring (bicyclic) bond motifs is 3. The highest BCUT2D eigenvalue weighted by Gasteiger charge is 2.21. The molecule has 0 saturated carbocycles. The first kappa shape index (κ1) is 20.0. The third-order valence-corrected chi connectivity index (χ3v) is 5.97. The van der Waals surface area contributed by atoms with Gasteiger partial charge in [0, 0.05) is 22.0 Å². The third-order valence-electron chi connectivity index (χ3n) is 5.74. The topological polar surface area (TPSA) is 39.4 Å². The number of hydrogen-bond donors (Lipinski definition) is 0. The zero-order chi connectivity index (χ0) is 20.2. The maximum atomic E-state index is 12.4. The van der Waals surface area contributed by atoms with E-state index in [1.807, 2.05) is 30.3 Å². The van der Waals surface area contributed by atoms with Crippen LogP contribution in [-0.4, -0.2) is 0 Å². The maximum Gasteiger partial charge on any atom is 0.339 e. The SMILES string of the molecule is CCCCCCc1cc2c3c(c(=O)oc2cc1OCc1cccc(Cl)c1)CCC3. The fourth-order valence-electron chi connectivity index (χ4n) is 4.21. The Morgan fingerprint density at radius 1 is 1.07 bits per heavy atom. The molecule has 3 nitrogen and oxygen atoms in total. The van der Waals surface area contributed by atoms with E-state index < -0.39 is 0 Å². The highest BCUT2D eigenvalue weighted by atomic mass is 35.5. The van der Waals surface area contributed by atoms with E-state index in [9.17, 15) is 4.79 Å². The number of aryl methyl sites for hydroxylation is 2. The normalized spacial score (nSPS) is 13.0. The van der Waals surface area contributed by atoms with Crippen molar-refractivity contribution in [1.82, 2.24) is 0 Å². The van der Waals surface area contributed by atoms with Gasteiger partial charge in [0.15, 0.2) is 0 Å². The summed E-state index contributed by atoms with van der Waals surface area (Å²) in [5.41, 5.74) is 4.69. The summed E-state index contributed by atoms with van der Waals surface area (Å²) < 4.78 is 11.8. The molecule has 0 radical (unpaired) electrons. The standard InChI is InChI=1S/C25H27ClO3/c1-2-3-4-5-9-18-14-22-20-11-7-12-21(20)25(27)29-24(22)15-23(18)28-16-17-8-6-10-19(26)13-17/h6,8,10,13-15H,2-5,7,9,11-12,16H2,1H3. The summed E-state index contributed by atoms with van der Waals surface area (Å²) in [5.74, 6) is 0.801. The second-order valence-electron chi connectivity index (χ2n) is 7.89. The quantitative estimate of drug-likeness (QED) is 0.308. The van der Waals surface area contributed by atoms with Crippen LogP contribution in [0.2, 0.25) is 5.02 Å². The Labute approximate surface area is 176 Å². The lowest BCUT2D eigenvalue weighted by Gasteiger charge is -2.14. The molecular formula is C25H27ClO3. The number of rotatable bonds is 8. The van der Waals surface area contributed by atoms with Crippen LogP contribution >= 0.6 is 11.6 Å². The Kier molecular flexibility index (Phi) is 6.25. The second kappa shape index (κ2) is 9.04. The molecule has 0 bridgehead atoms. The summed E-state index contributed by atoms with van der Waals surface area (Å²) in [7, 11) is 0. The lowest BCUT2D eigenvalue weighted by molar-refractivity contribution is 0.302. The van der Waals surface area contributed by atoms with Crippen LogP contribution in [0.15, 0.2) is 45.6 Å². The van der Waals surface area contributed by atoms with Gasteiger partial charge in [0.25, 0.3) is 0 Å². The molecule has 4 heteroatoms. The summed E-state index contributed by atoms with van der Waals surface area (Å²) >= 11 is 6.10. The van der Waals surface area contributed by atoms with Gasteiger partial charge < -0.3 is 9.15 Å². The smallest absolute Gasteiger partial charge is 0.339 e. The van der Waals surface area contributed by atoms with Gasteiger partial charge in [0.1, 0.15) is 17.9 Å². The van der Waals surface area contributed by atoms with Crippen LogP contribution < -0.4 is 10.4 Å². The molecule has 0 aliphatic heterocycles. The summed E-state index contributed by atoms with van der Waals surface area (Å²) in [6.45, 7) is 2.66. The number of unbranched alkanes of at least 4 members (excludes halogenated alkanes) is 3. The molecule has 3 aromatic rings. The van der Waals surface area contributed by atoms with Gasteiger partial charge in [-0.3, -0.25) is 0 Å². The van der Waals surface area contributed by atoms with Crippen molar-refractivity contribution in [3.05, 3.63) is 74.1 Å². The van der Waals surface area contributed by atoms with Crippen molar-refractivity contribution >= 4 is 22.6 Å². The van der Waals surface area contributed by atoms with Crippen LogP contribution in [0.25, 0.3) is 11.0 Å². The van der Waals surface area contributed by atoms with E-state index in [1.165, 1.54) is 30.4 Å². The minimum Gasteiger partial charge on any atom is -0.488 e. The van der Waals surface area contributed by atoms with Crippen LogP contribution in [0, 0.1) is 0 Å². The molecule has 0 saturated heterocycles. The summed E-state index contributed by atoms with van der Waals surface area (Å²) in [6, 6.07) is 11.8. The highest BCUT2D eigenvalue weighted by molar-refractivity contribution is 6.30. The Hall–Kier alpha value is -2.26. The first-order chi connectivity index (χ1) is 14.2. The van der Waals surface area contributed by atoms with Crippen molar-refractivity contribution in [1.29, 1.82) is 0 Å². The largest absolute Gasteiger partial charge is 0.488 e. The van der Waals surface area contributed by atoms with Crippen molar-refractivity contribution in [2.24, 2.45) is 0 Å². The van der Waals surface area contributed by atoms with Crippen molar-refractivity contribution < 1.29 is 9.15 Å². The van der Waals surface area contributed by atoms with Crippen molar-refractivity contribution in [2.75, 3.05) is 0 Å². The van der Waals surface area contributed by atoms with Crippen LogP contribution in [0.5, 0.6) is 5.75 Å². The molecule has 0 amide bonds. The Balaban J connectivity index is 1.68. The average Bonchev–Trinajstić information content (AvgIpc) is 3.21. The van der Waals surface area contributed by atoms with Gasteiger partial charge in [-0.15, -0.1) is 0 Å². The van der Waals surface area contributed by atoms with Gasteiger partial charge in [-0.1, -0.05) is 49.9 Å². The lowest BCUT2D eigenvalue weighted by Crippen LogP contribution is -2.08. The van der Waals surface area contributed by atoms with Gasteiger partial charge in [0.05, 0.1) is 0 Å². The average molecular weight is 411 g/mol. The lowest BCUT2D eigenvalue weighted by atomic mass is 10.00. The Morgan fingerprint density at radius 2 is 1.93 bits per heavy atom. The second-order valence-corrected chi connectivity index (χ2v) is 8.32. The highest BCUT2D eigenvalue weighted by Crippen LogP contribution is 2.33. The van der Waals surface area contributed by atoms with Gasteiger partial charge in [-0.25, -0.2) is 4.79 Å². The first-order valence-corrected chi connectivity index (χ1v) is 11.0. The molecule has 0 spiro atoms. The van der Waals surface area contributed by atoms with E-state index >= 15 is 0 Å². The summed E-state index contributed by atoms with van der Waals surface area (Å²) in [6.07, 6.45) is 8.58. The fourth-order valence-corrected chi connectivity index (χ4v) is 4.43. The van der Waals surface area contributed by atoms with Crippen molar-refractivity contribution in [3.63, 3.8) is 0 Å². The molecule has 29 heavy (non-hydrogen) atoms. The summed E-state index contributed by atoms with van der Waals surface area (Å²) in [5, 5.41) is 1.78. The van der Waals surface area contributed by atoms with Crippen LogP contribution in [0.1, 0.15) is 61.3 Å². The predicted molar refractivity (Wildman–Crippen MR) is 118 cm³/mol. The summed E-state index contributed by atoms with van der Waals surface area (Å²) in [4.78, 5) is 12.4.